The van der Waals surface area contributed by atoms with Gasteiger partial charge in [-0.1, -0.05) is 5.16 Å². The fraction of sp³-hybridized carbons (Fsp3) is 0.818. The summed E-state index contributed by atoms with van der Waals surface area (Å²) in [6, 6.07) is 0.650. The quantitative estimate of drug-likeness (QED) is 0.612. The van der Waals surface area contributed by atoms with Gasteiger partial charge in [0.15, 0.2) is 5.82 Å². The van der Waals surface area contributed by atoms with Crippen molar-refractivity contribution < 1.29 is 12.9 Å². The van der Waals surface area contributed by atoms with Crippen LogP contribution in [0.15, 0.2) is 4.52 Å². The molecule has 114 valence electrons. The minimum absolute atomic E-state index is 0.0321. The molecule has 2 N–H and O–H groups in total. The molecule has 0 bridgehead atoms. The number of aryl methyl sites for hydroxylation is 1. The van der Waals surface area contributed by atoms with Gasteiger partial charge < -0.3 is 9.84 Å². The third-order valence-corrected chi connectivity index (χ3v) is 4.57. The van der Waals surface area contributed by atoms with Crippen LogP contribution in [0.25, 0.3) is 0 Å². The van der Waals surface area contributed by atoms with Gasteiger partial charge in [-0.2, -0.15) is 22.4 Å². The maximum absolute atomic E-state index is 12.0. The highest BCUT2D eigenvalue weighted by molar-refractivity contribution is 7.87. The van der Waals surface area contributed by atoms with Crippen molar-refractivity contribution in [1.82, 2.24) is 24.5 Å². The highest BCUT2D eigenvalue weighted by Crippen LogP contribution is 2.18. The van der Waals surface area contributed by atoms with Gasteiger partial charge in [0.2, 0.25) is 5.89 Å². The number of rotatable bonds is 9. The van der Waals surface area contributed by atoms with Crippen LogP contribution in [-0.2, 0) is 16.8 Å². The van der Waals surface area contributed by atoms with Gasteiger partial charge in [-0.25, -0.2) is 0 Å². The van der Waals surface area contributed by atoms with Crippen LogP contribution in [0.1, 0.15) is 31.0 Å². The zero-order valence-electron chi connectivity index (χ0n) is 11.8. The molecule has 1 fully saturated rings. The molecule has 0 amide bonds. The van der Waals surface area contributed by atoms with Crippen LogP contribution in [0, 0.1) is 6.92 Å². The molecular weight excluding hydrogens is 282 g/mol. The predicted octanol–water partition coefficient (Wildman–Crippen LogP) is -0.214. The average molecular weight is 303 g/mol. The van der Waals surface area contributed by atoms with Crippen molar-refractivity contribution in [2.45, 2.75) is 38.8 Å². The Morgan fingerprint density at radius 1 is 1.45 bits per heavy atom. The van der Waals surface area contributed by atoms with E-state index in [0.717, 1.165) is 13.0 Å². The third kappa shape index (κ3) is 4.82. The summed E-state index contributed by atoms with van der Waals surface area (Å²) in [6.07, 6.45) is 3.26. The molecule has 0 unspecified atom stereocenters. The van der Waals surface area contributed by atoms with E-state index in [1.165, 1.54) is 17.1 Å². The van der Waals surface area contributed by atoms with E-state index in [1.54, 1.807) is 14.0 Å². The second-order valence-corrected chi connectivity index (χ2v) is 6.82. The number of hydrogen-bond donors (Lipinski definition) is 2. The van der Waals surface area contributed by atoms with E-state index >= 15 is 0 Å². The Bertz CT molecular complexity index is 526. The van der Waals surface area contributed by atoms with E-state index in [-0.39, 0.29) is 6.54 Å². The van der Waals surface area contributed by atoms with Crippen molar-refractivity contribution in [2.24, 2.45) is 0 Å². The Kier molecular flexibility index (Phi) is 5.08. The number of aromatic nitrogens is 2. The second-order valence-electron chi connectivity index (χ2n) is 4.96. The molecule has 1 saturated carbocycles. The summed E-state index contributed by atoms with van der Waals surface area (Å²) in [4.78, 5) is 3.94. The van der Waals surface area contributed by atoms with Crippen molar-refractivity contribution >= 4 is 10.2 Å². The largest absolute Gasteiger partial charge is 0.340 e. The normalized spacial score (nSPS) is 15.9. The summed E-state index contributed by atoms with van der Waals surface area (Å²) >= 11 is 0. The molecule has 20 heavy (non-hydrogen) atoms. The molecule has 0 aromatic carbocycles. The SMILES string of the molecule is Cc1nc(CNS(=O)(=O)N(C)CCCNC2CC2)no1. The van der Waals surface area contributed by atoms with Gasteiger partial charge in [0.25, 0.3) is 10.2 Å². The Hall–Kier alpha value is -1.03. The average Bonchev–Trinajstić information content (AvgIpc) is 3.13. The van der Waals surface area contributed by atoms with Gasteiger partial charge in [0.1, 0.15) is 0 Å². The minimum atomic E-state index is -3.50. The Labute approximate surface area is 119 Å². The highest BCUT2D eigenvalue weighted by atomic mass is 32.2. The summed E-state index contributed by atoms with van der Waals surface area (Å²) in [5, 5.41) is 6.99. The van der Waals surface area contributed by atoms with E-state index in [0.29, 0.717) is 24.3 Å². The van der Waals surface area contributed by atoms with E-state index in [2.05, 4.69) is 20.2 Å². The number of hydrogen-bond acceptors (Lipinski definition) is 6. The molecule has 9 heteroatoms. The van der Waals surface area contributed by atoms with Gasteiger partial charge in [-0.05, 0) is 25.8 Å². The molecule has 1 aliphatic rings. The zero-order valence-corrected chi connectivity index (χ0v) is 12.6. The molecule has 0 spiro atoms. The third-order valence-electron chi connectivity index (χ3n) is 3.05. The molecule has 2 rings (SSSR count). The first kappa shape index (κ1) is 15.4. The van der Waals surface area contributed by atoms with Crippen LogP contribution in [-0.4, -0.2) is 49.0 Å². The molecule has 0 radical (unpaired) electrons. The first-order chi connectivity index (χ1) is 9.47. The van der Waals surface area contributed by atoms with E-state index < -0.39 is 10.2 Å². The molecule has 1 aromatic rings. The lowest BCUT2D eigenvalue weighted by molar-refractivity contribution is 0.386. The first-order valence-corrected chi connectivity index (χ1v) is 8.15. The summed E-state index contributed by atoms with van der Waals surface area (Å²) < 4.78 is 32.4. The Morgan fingerprint density at radius 2 is 2.20 bits per heavy atom. The Balaban J connectivity index is 1.70. The molecule has 0 aliphatic heterocycles. The summed E-state index contributed by atoms with van der Waals surface area (Å²) in [5.41, 5.74) is 0. The van der Waals surface area contributed by atoms with Gasteiger partial charge in [0, 0.05) is 26.6 Å². The van der Waals surface area contributed by atoms with Crippen LogP contribution in [0.2, 0.25) is 0 Å². The lowest BCUT2D eigenvalue weighted by Gasteiger charge is -2.17. The van der Waals surface area contributed by atoms with Crippen LogP contribution in [0.5, 0.6) is 0 Å². The lowest BCUT2D eigenvalue weighted by Crippen LogP contribution is -2.39. The van der Waals surface area contributed by atoms with Crippen molar-refractivity contribution in [2.75, 3.05) is 20.1 Å². The molecule has 1 heterocycles. The van der Waals surface area contributed by atoms with Gasteiger partial charge in [-0.15, -0.1) is 0 Å². The van der Waals surface area contributed by atoms with Crippen molar-refractivity contribution in [3.8, 4) is 0 Å². The van der Waals surface area contributed by atoms with Crippen molar-refractivity contribution in [3.05, 3.63) is 11.7 Å². The standard InChI is InChI=1S/C11H21N5O3S/c1-9-14-11(15-19-9)8-13-20(17,18)16(2)7-3-6-12-10-4-5-10/h10,12-13H,3-8H2,1-2H3. The van der Waals surface area contributed by atoms with Gasteiger partial charge in [-0.3, -0.25) is 0 Å². The summed E-state index contributed by atoms with van der Waals surface area (Å²) in [6.45, 7) is 3.00. The van der Waals surface area contributed by atoms with E-state index in [9.17, 15) is 8.42 Å². The van der Waals surface area contributed by atoms with Crippen LogP contribution >= 0.6 is 0 Å². The highest BCUT2D eigenvalue weighted by Gasteiger charge is 2.21. The lowest BCUT2D eigenvalue weighted by atomic mass is 10.4. The molecule has 1 aliphatic carbocycles. The van der Waals surface area contributed by atoms with Crippen LogP contribution < -0.4 is 10.0 Å². The van der Waals surface area contributed by atoms with Gasteiger partial charge >= 0.3 is 0 Å². The smallest absolute Gasteiger partial charge is 0.279 e. The maximum Gasteiger partial charge on any atom is 0.279 e. The number of nitrogens with zero attached hydrogens (tertiary/aromatic N) is 3. The molecule has 0 atom stereocenters. The number of nitrogens with one attached hydrogen (secondary N) is 2. The minimum Gasteiger partial charge on any atom is -0.340 e. The summed E-state index contributed by atoms with van der Waals surface area (Å²) in [5.74, 6) is 0.744. The fourth-order valence-electron chi connectivity index (χ4n) is 1.69. The van der Waals surface area contributed by atoms with Crippen LogP contribution in [0.4, 0.5) is 0 Å². The predicted molar refractivity (Wildman–Crippen MR) is 73.1 cm³/mol. The second kappa shape index (κ2) is 6.61. The van der Waals surface area contributed by atoms with Crippen molar-refractivity contribution in [1.29, 1.82) is 0 Å². The molecule has 0 saturated heterocycles. The molecular formula is C11H21N5O3S. The monoisotopic (exact) mass is 303 g/mol. The first-order valence-electron chi connectivity index (χ1n) is 6.71. The summed E-state index contributed by atoms with van der Waals surface area (Å²) in [7, 11) is -1.94. The van der Waals surface area contributed by atoms with E-state index in [1.807, 2.05) is 0 Å². The zero-order chi connectivity index (χ0) is 14.6. The Morgan fingerprint density at radius 3 is 2.80 bits per heavy atom. The topological polar surface area (TPSA) is 100 Å². The van der Waals surface area contributed by atoms with Crippen molar-refractivity contribution in [3.63, 3.8) is 0 Å². The molecule has 1 aromatic heterocycles. The van der Waals surface area contributed by atoms with Gasteiger partial charge in [0.05, 0.1) is 6.54 Å². The van der Waals surface area contributed by atoms with Crippen LogP contribution in [0.3, 0.4) is 0 Å². The maximum atomic E-state index is 12.0. The fourth-order valence-corrected chi connectivity index (χ4v) is 2.60. The molecule has 8 nitrogen and oxygen atoms in total. The van der Waals surface area contributed by atoms with E-state index in [4.69, 9.17) is 4.52 Å².